The molecule has 1 aromatic heterocycles. The molecule has 0 aliphatic carbocycles. The van der Waals surface area contributed by atoms with Crippen LogP contribution < -0.4 is 10.1 Å². The zero-order chi connectivity index (χ0) is 21.6. The van der Waals surface area contributed by atoms with Crippen molar-refractivity contribution in [2.24, 2.45) is 5.92 Å². The smallest absolute Gasteiger partial charge is 0.226 e. The van der Waals surface area contributed by atoms with Gasteiger partial charge in [0.05, 0.1) is 19.1 Å². The molecule has 6 heteroatoms. The van der Waals surface area contributed by atoms with E-state index in [1.165, 1.54) is 0 Å². The average Bonchev–Trinajstić information content (AvgIpc) is 3.19. The maximum atomic E-state index is 13.2. The summed E-state index contributed by atoms with van der Waals surface area (Å²) in [4.78, 5) is 31.5. The molecule has 1 aliphatic heterocycles. The minimum absolute atomic E-state index is 0.0124. The summed E-state index contributed by atoms with van der Waals surface area (Å²) in [6.45, 7) is 0.869. The van der Waals surface area contributed by atoms with Gasteiger partial charge in [-0.05, 0) is 34.9 Å². The van der Waals surface area contributed by atoms with Crippen molar-refractivity contribution in [1.29, 1.82) is 0 Å². The Hall–Kier alpha value is -3.67. The minimum Gasteiger partial charge on any atom is -0.497 e. The van der Waals surface area contributed by atoms with E-state index in [0.717, 1.165) is 22.4 Å². The summed E-state index contributed by atoms with van der Waals surface area (Å²) in [5.41, 5.74) is 2.85. The number of likely N-dealkylation sites (tertiary alicyclic amines) is 1. The van der Waals surface area contributed by atoms with Crippen LogP contribution in [-0.2, 0) is 16.1 Å². The van der Waals surface area contributed by atoms with Gasteiger partial charge < -0.3 is 15.0 Å². The lowest BCUT2D eigenvalue weighted by Gasteiger charge is -2.22. The Morgan fingerprint density at radius 2 is 1.94 bits per heavy atom. The van der Waals surface area contributed by atoms with E-state index in [2.05, 4.69) is 10.3 Å². The van der Waals surface area contributed by atoms with Gasteiger partial charge in [-0.3, -0.25) is 14.6 Å². The first kappa shape index (κ1) is 20.6. The van der Waals surface area contributed by atoms with Crippen LogP contribution in [0.5, 0.6) is 5.75 Å². The quantitative estimate of drug-likeness (QED) is 0.642. The highest BCUT2D eigenvalue weighted by molar-refractivity contribution is 5.89. The second kappa shape index (κ2) is 9.43. The summed E-state index contributed by atoms with van der Waals surface area (Å²) in [6, 6.07) is 20.9. The number of benzene rings is 2. The number of ether oxygens (including phenoxy) is 1. The predicted molar refractivity (Wildman–Crippen MR) is 117 cm³/mol. The van der Waals surface area contributed by atoms with Gasteiger partial charge in [-0.25, -0.2) is 0 Å². The summed E-state index contributed by atoms with van der Waals surface area (Å²) in [7, 11) is 1.62. The number of carbonyl (C=O) groups is 2. The van der Waals surface area contributed by atoms with Gasteiger partial charge in [0.15, 0.2) is 0 Å². The Balaban J connectivity index is 1.50. The molecule has 0 spiro atoms. The van der Waals surface area contributed by atoms with Crippen molar-refractivity contribution in [2.75, 3.05) is 13.7 Å². The predicted octanol–water partition coefficient (Wildman–Crippen LogP) is 3.34. The molecule has 1 fully saturated rings. The molecule has 1 N–H and O–H groups in total. The minimum atomic E-state index is -0.388. The molecule has 0 radical (unpaired) electrons. The average molecular weight is 415 g/mol. The van der Waals surface area contributed by atoms with E-state index >= 15 is 0 Å². The Kier molecular flexibility index (Phi) is 6.26. The molecule has 158 valence electrons. The molecule has 2 amide bonds. The molecule has 0 saturated carbocycles. The molecule has 4 rings (SSSR count). The van der Waals surface area contributed by atoms with Crippen LogP contribution in [0.4, 0.5) is 0 Å². The normalized spacial score (nSPS) is 16.7. The number of pyridine rings is 1. The molecule has 2 atom stereocenters. The van der Waals surface area contributed by atoms with E-state index in [4.69, 9.17) is 4.74 Å². The van der Waals surface area contributed by atoms with Crippen LogP contribution in [0.3, 0.4) is 0 Å². The Labute approximate surface area is 181 Å². The molecule has 1 aliphatic rings. The zero-order valence-electron chi connectivity index (χ0n) is 17.4. The monoisotopic (exact) mass is 415 g/mol. The van der Waals surface area contributed by atoms with Crippen molar-refractivity contribution in [2.45, 2.75) is 19.0 Å². The van der Waals surface area contributed by atoms with Crippen LogP contribution in [0, 0.1) is 5.92 Å². The Bertz CT molecular complexity index is 1040. The molecular formula is C25H25N3O3. The van der Waals surface area contributed by atoms with Gasteiger partial charge in [0.1, 0.15) is 5.75 Å². The number of hydrogen-bond donors (Lipinski definition) is 1. The molecule has 2 heterocycles. The van der Waals surface area contributed by atoms with Gasteiger partial charge in [-0.1, -0.05) is 48.5 Å². The maximum Gasteiger partial charge on any atom is 0.226 e. The molecule has 0 unspecified atom stereocenters. The number of amides is 2. The van der Waals surface area contributed by atoms with Crippen molar-refractivity contribution >= 4 is 11.8 Å². The first-order valence-electron chi connectivity index (χ1n) is 10.3. The third-order valence-corrected chi connectivity index (χ3v) is 5.53. The van der Waals surface area contributed by atoms with Crippen LogP contribution in [0.2, 0.25) is 0 Å². The van der Waals surface area contributed by atoms with Crippen LogP contribution in [-0.4, -0.2) is 35.4 Å². The van der Waals surface area contributed by atoms with E-state index < -0.39 is 0 Å². The van der Waals surface area contributed by atoms with E-state index in [0.29, 0.717) is 13.1 Å². The highest BCUT2D eigenvalue weighted by atomic mass is 16.5. The number of nitrogens with zero attached hydrogens (tertiary/aromatic N) is 2. The zero-order valence-corrected chi connectivity index (χ0v) is 17.4. The number of rotatable bonds is 7. The van der Waals surface area contributed by atoms with Crippen molar-refractivity contribution < 1.29 is 14.3 Å². The number of carbonyl (C=O) groups excluding carboxylic acids is 2. The van der Waals surface area contributed by atoms with E-state index in [9.17, 15) is 9.59 Å². The third kappa shape index (κ3) is 4.91. The summed E-state index contributed by atoms with van der Waals surface area (Å²) < 4.78 is 5.36. The number of nitrogens with one attached hydrogen (secondary N) is 1. The lowest BCUT2D eigenvalue weighted by molar-refractivity contribution is -0.129. The topological polar surface area (TPSA) is 71.5 Å². The highest BCUT2D eigenvalue weighted by Crippen LogP contribution is 2.27. The van der Waals surface area contributed by atoms with Gasteiger partial charge in [0.2, 0.25) is 11.8 Å². The van der Waals surface area contributed by atoms with Gasteiger partial charge in [-0.2, -0.15) is 0 Å². The third-order valence-electron chi connectivity index (χ3n) is 5.53. The number of hydrogen-bond acceptors (Lipinski definition) is 4. The fourth-order valence-corrected chi connectivity index (χ4v) is 3.90. The summed E-state index contributed by atoms with van der Waals surface area (Å²) in [5, 5.41) is 3.16. The van der Waals surface area contributed by atoms with E-state index in [1.54, 1.807) is 24.4 Å². The summed E-state index contributed by atoms with van der Waals surface area (Å²) in [5.74, 6) is 0.202. The standard InChI is InChI=1S/C25H25N3O3/c1-31-22-11-5-10-20(13-22)24(19-8-3-2-4-9-19)27-25(30)21-14-23(29)28(17-21)16-18-7-6-12-26-15-18/h2-13,15,21,24H,14,16-17H2,1H3,(H,27,30)/t21-,24+/m0/s1. The SMILES string of the molecule is COc1cccc([C@H](NC(=O)[C@H]2CC(=O)N(Cc3cccnc3)C2)c2ccccc2)c1. The van der Waals surface area contributed by atoms with Crippen molar-refractivity contribution in [1.82, 2.24) is 15.2 Å². The molecule has 2 aromatic carbocycles. The van der Waals surface area contributed by atoms with E-state index in [-0.39, 0.29) is 30.2 Å². The number of aromatic nitrogens is 1. The maximum absolute atomic E-state index is 13.2. The molecule has 31 heavy (non-hydrogen) atoms. The van der Waals surface area contributed by atoms with Crippen LogP contribution in [0.15, 0.2) is 79.1 Å². The van der Waals surface area contributed by atoms with Crippen molar-refractivity contribution in [3.63, 3.8) is 0 Å². The first-order chi connectivity index (χ1) is 15.1. The molecule has 3 aromatic rings. The van der Waals surface area contributed by atoms with Crippen molar-refractivity contribution in [3.8, 4) is 5.75 Å². The van der Waals surface area contributed by atoms with E-state index in [1.807, 2.05) is 66.7 Å². The lowest BCUT2D eigenvalue weighted by Crippen LogP contribution is -2.36. The first-order valence-corrected chi connectivity index (χ1v) is 10.3. The number of methoxy groups -OCH3 is 1. The van der Waals surface area contributed by atoms with Crippen LogP contribution in [0.25, 0.3) is 0 Å². The highest BCUT2D eigenvalue weighted by Gasteiger charge is 2.35. The van der Waals surface area contributed by atoms with Gasteiger partial charge >= 0.3 is 0 Å². The summed E-state index contributed by atoms with van der Waals surface area (Å²) in [6.07, 6.45) is 3.66. The largest absolute Gasteiger partial charge is 0.497 e. The van der Waals surface area contributed by atoms with Crippen LogP contribution >= 0.6 is 0 Å². The van der Waals surface area contributed by atoms with Crippen molar-refractivity contribution in [3.05, 3.63) is 95.8 Å². The fraction of sp³-hybridized carbons (Fsp3) is 0.240. The second-order valence-corrected chi connectivity index (χ2v) is 7.67. The Morgan fingerprint density at radius 3 is 2.68 bits per heavy atom. The molecule has 0 bridgehead atoms. The van der Waals surface area contributed by atoms with Gasteiger partial charge in [-0.15, -0.1) is 0 Å². The van der Waals surface area contributed by atoms with Gasteiger partial charge in [0, 0.05) is 31.9 Å². The molecular weight excluding hydrogens is 390 g/mol. The fourth-order valence-electron chi connectivity index (χ4n) is 3.90. The summed E-state index contributed by atoms with van der Waals surface area (Å²) >= 11 is 0. The molecule has 6 nitrogen and oxygen atoms in total. The molecule has 1 saturated heterocycles. The Morgan fingerprint density at radius 1 is 1.13 bits per heavy atom. The van der Waals surface area contributed by atoms with Gasteiger partial charge in [0.25, 0.3) is 0 Å². The van der Waals surface area contributed by atoms with Crippen LogP contribution in [0.1, 0.15) is 29.2 Å². The second-order valence-electron chi connectivity index (χ2n) is 7.67. The lowest BCUT2D eigenvalue weighted by atomic mass is 9.97.